The van der Waals surface area contributed by atoms with Crippen LogP contribution in [0.2, 0.25) is 5.02 Å². The van der Waals surface area contributed by atoms with Gasteiger partial charge < -0.3 is 5.32 Å². The molecule has 1 amide bonds. The molecule has 0 aromatic heterocycles. The number of para-hydroxylation sites is 1. The van der Waals surface area contributed by atoms with Gasteiger partial charge in [0.2, 0.25) is 10.0 Å². The Morgan fingerprint density at radius 3 is 2.31 bits per heavy atom. The second-order valence-electron chi connectivity index (χ2n) is 8.63. The molecule has 0 saturated carbocycles. The van der Waals surface area contributed by atoms with Gasteiger partial charge in [-0.3, -0.25) is 9.52 Å². The normalized spacial score (nSPS) is 14.5. The van der Waals surface area contributed by atoms with Gasteiger partial charge in [0.05, 0.1) is 31.8 Å². The van der Waals surface area contributed by atoms with Crippen molar-refractivity contribution in [1.82, 2.24) is 4.31 Å². The summed E-state index contributed by atoms with van der Waals surface area (Å²) in [5.41, 5.74) is 1.58. The van der Waals surface area contributed by atoms with Crippen molar-refractivity contribution in [1.29, 1.82) is 0 Å². The van der Waals surface area contributed by atoms with Gasteiger partial charge in [-0.2, -0.15) is 4.31 Å². The van der Waals surface area contributed by atoms with Gasteiger partial charge in [-0.25, -0.2) is 16.8 Å². The molecule has 1 fully saturated rings. The van der Waals surface area contributed by atoms with Gasteiger partial charge in [0, 0.05) is 13.1 Å². The number of carbonyl (C=O) groups excluding carboxylic acids is 1. The fraction of sp³-hybridized carbons (Fsp3) is 0.240. The number of hydrogen-bond donors (Lipinski definition) is 2. The Kier molecular flexibility index (Phi) is 7.42. The molecule has 1 saturated heterocycles. The molecule has 0 bridgehead atoms. The maximum atomic E-state index is 13.2. The number of aryl methyl sites for hydroxylation is 2. The highest BCUT2D eigenvalue weighted by molar-refractivity contribution is 7.92. The molecule has 11 heteroatoms. The molecule has 0 aliphatic carbocycles. The molecule has 3 aromatic rings. The van der Waals surface area contributed by atoms with Crippen LogP contribution in [0.5, 0.6) is 0 Å². The van der Waals surface area contributed by atoms with Crippen LogP contribution in [0, 0.1) is 13.8 Å². The number of sulfonamides is 2. The van der Waals surface area contributed by atoms with Crippen LogP contribution in [0.4, 0.5) is 11.4 Å². The first-order valence-electron chi connectivity index (χ1n) is 11.3. The van der Waals surface area contributed by atoms with Crippen molar-refractivity contribution in [2.45, 2.75) is 36.5 Å². The fourth-order valence-corrected chi connectivity index (χ4v) is 7.11. The summed E-state index contributed by atoms with van der Waals surface area (Å²) < 4.78 is 56.0. The van der Waals surface area contributed by atoms with Crippen molar-refractivity contribution in [3.05, 3.63) is 82.4 Å². The van der Waals surface area contributed by atoms with E-state index in [4.69, 9.17) is 11.6 Å². The van der Waals surface area contributed by atoms with Crippen molar-refractivity contribution >= 4 is 48.9 Å². The number of anilines is 2. The zero-order valence-corrected chi connectivity index (χ0v) is 22.2. The molecular formula is C25H26ClN3O5S2. The average molecular weight is 548 g/mol. The molecule has 0 unspecified atom stereocenters. The van der Waals surface area contributed by atoms with Gasteiger partial charge in [0.25, 0.3) is 15.9 Å². The summed E-state index contributed by atoms with van der Waals surface area (Å²) in [6, 6.07) is 15.4. The molecule has 2 N–H and O–H groups in total. The van der Waals surface area contributed by atoms with Crippen LogP contribution in [-0.4, -0.2) is 40.1 Å². The average Bonchev–Trinajstić information content (AvgIpc) is 3.38. The minimum Gasteiger partial charge on any atom is -0.321 e. The van der Waals surface area contributed by atoms with Gasteiger partial charge >= 0.3 is 0 Å². The summed E-state index contributed by atoms with van der Waals surface area (Å²) in [6.45, 7) is 4.38. The quantitative estimate of drug-likeness (QED) is 0.441. The minimum absolute atomic E-state index is 0.0213. The van der Waals surface area contributed by atoms with Crippen molar-refractivity contribution in [2.75, 3.05) is 23.1 Å². The fourth-order valence-electron chi connectivity index (χ4n) is 3.99. The third-order valence-corrected chi connectivity index (χ3v) is 9.67. The summed E-state index contributed by atoms with van der Waals surface area (Å²) in [5, 5.41) is 2.78. The topological polar surface area (TPSA) is 113 Å². The van der Waals surface area contributed by atoms with E-state index >= 15 is 0 Å². The van der Waals surface area contributed by atoms with Crippen molar-refractivity contribution in [3.63, 3.8) is 0 Å². The molecule has 1 aliphatic rings. The van der Waals surface area contributed by atoms with Crippen LogP contribution in [0.15, 0.2) is 70.5 Å². The number of benzene rings is 3. The van der Waals surface area contributed by atoms with E-state index in [0.29, 0.717) is 18.7 Å². The van der Waals surface area contributed by atoms with Crippen LogP contribution in [0.3, 0.4) is 0 Å². The maximum Gasteiger partial charge on any atom is 0.262 e. The lowest BCUT2D eigenvalue weighted by Gasteiger charge is -2.17. The number of halogens is 1. The van der Waals surface area contributed by atoms with E-state index in [1.807, 2.05) is 6.07 Å². The van der Waals surface area contributed by atoms with Crippen LogP contribution in [0.1, 0.15) is 34.3 Å². The number of amides is 1. The lowest BCUT2D eigenvalue weighted by atomic mass is 10.1. The summed E-state index contributed by atoms with van der Waals surface area (Å²) >= 11 is 6.26. The lowest BCUT2D eigenvalue weighted by molar-refractivity contribution is 0.102. The number of carbonyl (C=O) groups is 1. The highest BCUT2D eigenvalue weighted by atomic mass is 35.5. The SMILES string of the molecule is Cc1ccc(C)c(S(=O)(=O)Nc2ccccc2C(=O)Nc2cc(S(=O)(=O)N3CCCC3)ccc2Cl)c1. The molecule has 0 radical (unpaired) electrons. The maximum absolute atomic E-state index is 13.2. The predicted molar refractivity (Wildman–Crippen MR) is 141 cm³/mol. The summed E-state index contributed by atoms with van der Waals surface area (Å²) in [5.74, 6) is -0.646. The highest BCUT2D eigenvalue weighted by Gasteiger charge is 2.28. The van der Waals surface area contributed by atoms with Crippen molar-refractivity contribution in [2.24, 2.45) is 0 Å². The first-order valence-corrected chi connectivity index (χ1v) is 14.6. The second-order valence-corrected chi connectivity index (χ2v) is 12.6. The smallest absolute Gasteiger partial charge is 0.262 e. The molecule has 190 valence electrons. The standard InChI is InChI=1S/C25H26ClN3O5S2/c1-17-9-10-18(2)24(15-17)35(31,32)28-22-8-4-3-7-20(22)25(30)27-23-16-19(11-12-21(23)26)36(33,34)29-13-5-6-14-29/h3-4,7-12,15-16,28H,5-6,13-14H2,1-2H3,(H,27,30). The van der Waals surface area contributed by atoms with Crippen LogP contribution in [-0.2, 0) is 20.0 Å². The zero-order chi connectivity index (χ0) is 26.1. The number of nitrogens with zero attached hydrogens (tertiary/aromatic N) is 1. The lowest BCUT2D eigenvalue weighted by Crippen LogP contribution is -2.28. The molecular weight excluding hydrogens is 522 g/mol. The Hall–Kier alpha value is -2.92. The molecule has 1 aliphatic heterocycles. The second kappa shape index (κ2) is 10.2. The van der Waals surface area contributed by atoms with E-state index in [1.165, 1.54) is 34.6 Å². The Morgan fingerprint density at radius 2 is 1.58 bits per heavy atom. The largest absolute Gasteiger partial charge is 0.321 e. The van der Waals surface area contributed by atoms with Crippen molar-refractivity contribution in [3.8, 4) is 0 Å². The van der Waals surface area contributed by atoms with E-state index in [2.05, 4.69) is 10.0 Å². The van der Waals surface area contributed by atoms with E-state index in [-0.39, 0.29) is 31.8 Å². The molecule has 3 aromatic carbocycles. The number of nitrogens with one attached hydrogen (secondary N) is 2. The zero-order valence-electron chi connectivity index (χ0n) is 19.8. The number of hydrogen-bond acceptors (Lipinski definition) is 5. The summed E-state index contributed by atoms with van der Waals surface area (Å²) in [6.07, 6.45) is 1.59. The van der Waals surface area contributed by atoms with E-state index in [9.17, 15) is 21.6 Å². The minimum atomic E-state index is -3.98. The van der Waals surface area contributed by atoms with Crippen LogP contribution in [0.25, 0.3) is 0 Å². The Balaban J connectivity index is 1.62. The first kappa shape index (κ1) is 26.2. The summed E-state index contributed by atoms with van der Waals surface area (Å²) in [7, 11) is -7.70. The van der Waals surface area contributed by atoms with Gasteiger partial charge in [-0.05, 0) is 74.2 Å². The van der Waals surface area contributed by atoms with E-state index < -0.39 is 26.0 Å². The Bertz CT molecular complexity index is 1530. The predicted octanol–water partition coefficient (Wildman–Crippen LogP) is 4.79. The van der Waals surface area contributed by atoms with Gasteiger partial charge in [-0.1, -0.05) is 35.9 Å². The van der Waals surface area contributed by atoms with Crippen LogP contribution >= 0.6 is 11.6 Å². The first-order chi connectivity index (χ1) is 17.0. The Morgan fingerprint density at radius 1 is 0.889 bits per heavy atom. The Labute approximate surface area is 216 Å². The third-order valence-electron chi connectivity index (χ3n) is 5.94. The number of rotatable bonds is 7. The third kappa shape index (κ3) is 5.41. The van der Waals surface area contributed by atoms with Gasteiger partial charge in [-0.15, -0.1) is 0 Å². The van der Waals surface area contributed by atoms with Gasteiger partial charge in [0.1, 0.15) is 0 Å². The molecule has 0 atom stereocenters. The molecule has 36 heavy (non-hydrogen) atoms. The summed E-state index contributed by atoms with van der Waals surface area (Å²) in [4.78, 5) is 13.3. The van der Waals surface area contributed by atoms with Gasteiger partial charge in [0.15, 0.2) is 0 Å². The van der Waals surface area contributed by atoms with E-state index in [1.54, 1.807) is 38.1 Å². The molecule has 8 nitrogen and oxygen atoms in total. The van der Waals surface area contributed by atoms with Crippen molar-refractivity contribution < 1.29 is 21.6 Å². The highest BCUT2D eigenvalue weighted by Crippen LogP contribution is 2.30. The molecule has 1 heterocycles. The molecule has 4 rings (SSSR count). The molecule has 0 spiro atoms. The monoisotopic (exact) mass is 547 g/mol. The van der Waals surface area contributed by atoms with E-state index in [0.717, 1.165) is 18.4 Å². The van der Waals surface area contributed by atoms with Crippen LogP contribution < -0.4 is 10.0 Å².